The summed E-state index contributed by atoms with van der Waals surface area (Å²) < 4.78 is 19.5. The van der Waals surface area contributed by atoms with Crippen LogP contribution in [0.2, 0.25) is 5.02 Å². The van der Waals surface area contributed by atoms with E-state index in [-0.39, 0.29) is 19.4 Å². The quantitative estimate of drug-likeness (QED) is 0.711. The maximum Gasteiger partial charge on any atom is 0.326 e. The molecule has 0 aliphatic carbocycles. The lowest BCUT2D eigenvalue weighted by Crippen LogP contribution is -2.50. The van der Waals surface area contributed by atoms with Gasteiger partial charge < -0.3 is 15.2 Å². The predicted molar refractivity (Wildman–Crippen MR) is 98.8 cm³/mol. The largest absolute Gasteiger partial charge is 0.488 e. The Labute approximate surface area is 161 Å². The zero-order valence-electron chi connectivity index (χ0n) is 14.7. The van der Waals surface area contributed by atoms with Crippen LogP contribution in [0.25, 0.3) is 0 Å². The first kappa shape index (κ1) is 19.6. The molecule has 3 aliphatic heterocycles. The molecule has 0 saturated carbocycles. The third kappa shape index (κ3) is 4.99. The molecule has 1 fully saturated rings. The number of amides is 1. The molecule has 1 aromatic carbocycles. The molecule has 8 heteroatoms. The van der Waals surface area contributed by atoms with Gasteiger partial charge in [-0.1, -0.05) is 29.8 Å². The SMILES string of the molecule is O=C1N[C@H](C(=O)O)Cc2ccc(c(Cl)c2)OCC=CCCN2C[C@@H](F)CC12. The van der Waals surface area contributed by atoms with E-state index in [1.807, 2.05) is 12.2 Å². The van der Waals surface area contributed by atoms with Gasteiger partial charge in [0.15, 0.2) is 0 Å². The second-order valence-corrected chi connectivity index (χ2v) is 7.19. The van der Waals surface area contributed by atoms with E-state index in [9.17, 15) is 19.1 Å². The molecule has 0 spiro atoms. The fourth-order valence-corrected chi connectivity index (χ4v) is 3.68. The van der Waals surface area contributed by atoms with Crippen molar-refractivity contribution in [3.05, 3.63) is 40.9 Å². The number of carboxylic acid groups (broad SMARTS) is 1. The summed E-state index contributed by atoms with van der Waals surface area (Å²) in [5.74, 6) is -1.09. The minimum atomic E-state index is -1.15. The Morgan fingerprint density at radius 1 is 1.37 bits per heavy atom. The molecule has 2 N–H and O–H groups in total. The Morgan fingerprint density at radius 2 is 2.19 bits per heavy atom. The van der Waals surface area contributed by atoms with Crippen molar-refractivity contribution in [3.8, 4) is 5.75 Å². The van der Waals surface area contributed by atoms with Crippen molar-refractivity contribution in [2.45, 2.75) is 37.5 Å². The van der Waals surface area contributed by atoms with Crippen LogP contribution < -0.4 is 10.1 Å². The molecular weight excluding hydrogens is 375 g/mol. The molecule has 1 aromatic rings. The highest BCUT2D eigenvalue weighted by Gasteiger charge is 2.37. The number of rotatable bonds is 1. The Kier molecular flexibility index (Phi) is 6.34. The Balaban J connectivity index is 1.85. The van der Waals surface area contributed by atoms with Gasteiger partial charge >= 0.3 is 5.97 Å². The first-order valence-corrected chi connectivity index (χ1v) is 9.29. The Hall–Kier alpha value is -2.12. The average Bonchev–Trinajstić information content (AvgIpc) is 2.98. The summed E-state index contributed by atoms with van der Waals surface area (Å²) in [6.07, 6.45) is 3.46. The van der Waals surface area contributed by atoms with E-state index in [2.05, 4.69) is 5.32 Å². The summed E-state index contributed by atoms with van der Waals surface area (Å²) in [4.78, 5) is 26.0. The van der Waals surface area contributed by atoms with Gasteiger partial charge in [-0.3, -0.25) is 9.69 Å². The molecule has 4 rings (SSSR count). The smallest absolute Gasteiger partial charge is 0.326 e. The summed E-state index contributed by atoms with van der Waals surface area (Å²) in [6, 6.07) is 3.26. The standard InChI is InChI=1S/C19H22ClFN2O4/c20-14-8-12-4-5-17(14)27-7-3-1-2-6-23-11-13(21)10-16(23)18(24)22-15(9-12)19(25)26/h1,3-5,8,13,15-16H,2,6-7,9-11H2,(H,22,24)(H,25,26)/t13-,15-,16?/m0/s1. The van der Waals surface area contributed by atoms with Crippen LogP contribution in [0.15, 0.2) is 30.4 Å². The topological polar surface area (TPSA) is 78.9 Å². The van der Waals surface area contributed by atoms with Gasteiger partial charge in [-0.2, -0.15) is 0 Å². The summed E-state index contributed by atoms with van der Waals surface area (Å²) >= 11 is 6.21. The van der Waals surface area contributed by atoms with Crippen LogP contribution in [-0.2, 0) is 16.0 Å². The Bertz CT molecular complexity index is 742. The normalized spacial score (nSPS) is 27.0. The maximum atomic E-state index is 13.9. The van der Waals surface area contributed by atoms with Gasteiger partial charge in [0, 0.05) is 25.9 Å². The highest BCUT2D eigenvalue weighted by molar-refractivity contribution is 6.32. The van der Waals surface area contributed by atoms with E-state index in [1.165, 1.54) is 0 Å². The van der Waals surface area contributed by atoms with Gasteiger partial charge in [-0.15, -0.1) is 0 Å². The number of carbonyl (C=O) groups excluding carboxylic acids is 1. The lowest BCUT2D eigenvalue weighted by molar-refractivity contribution is -0.142. The molecule has 0 aromatic heterocycles. The summed E-state index contributed by atoms with van der Waals surface area (Å²) in [5.41, 5.74) is 0.661. The number of aliphatic carboxylic acids is 1. The number of ether oxygens (including phenoxy) is 1. The van der Waals surface area contributed by atoms with E-state index in [1.54, 1.807) is 23.1 Å². The van der Waals surface area contributed by atoms with Gasteiger partial charge in [0.05, 0.1) is 11.1 Å². The molecule has 6 nitrogen and oxygen atoms in total. The number of fused-ring (bicyclic) bond motifs is 9. The number of benzene rings is 1. The molecule has 1 saturated heterocycles. The average molecular weight is 397 g/mol. The number of alkyl halides is 1. The van der Waals surface area contributed by atoms with Crippen LogP contribution in [0.4, 0.5) is 4.39 Å². The fraction of sp³-hybridized carbons (Fsp3) is 0.474. The molecule has 3 aliphatic rings. The third-order valence-electron chi connectivity index (χ3n) is 4.79. The Morgan fingerprint density at radius 3 is 2.93 bits per heavy atom. The minimum Gasteiger partial charge on any atom is -0.488 e. The molecule has 146 valence electrons. The summed E-state index contributed by atoms with van der Waals surface area (Å²) in [7, 11) is 0. The van der Waals surface area contributed by atoms with Gasteiger partial charge in [0.1, 0.15) is 24.6 Å². The van der Waals surface area contributed by atoms with Crippen LogP contribution in [0.3, 0.4) is 0 Å². The monoisotopic (exact) mass is 396 g/mol. The van der Waals surface area contributed by atoms with Crippen LogP contribution >= 0.6 is 11.6 Å². The van der Waals surface area contributed by atoms with Gasteiger partial charge in [-0.05, 0) is 24.1 Å². The first-order valence-electron chi connectivity index (χ1n) is 8.91. The van der Waals surface area contributed by atoms with Crippen LogP contribution in [0.1, 0.15) is 18.4 Å². The van der Waals surface area contributed by atoms with Crippen molar-refractivity contribution < 1.29 is 23.8 Å². The first-order chi connectivity index (χ1) is 12.9. The van der Waals surface area contributed by atoms with E-state index in [0.29, 0.717) is 35.9 Å². The van der Waals surface area contributed by atoms with Crippen molar-refractivity contribution in [2.75, 3.05) is 19.7 Å². The molecule has 1 amide bonds. The number of carboxylic acids is 1. The lowest BCUT2D eigenvalue weighted by atomic mass is 10.0. The van der Waals surface area contributed by atoms with Crippen molar-refractivity contribution in [3.63, 3.8) is 0 Å². The van der Waals surface area contributed by atoms with Crippen LogP contribution in [0, 0.1) is 0 Å². The minimum absolute atomic E-state index is 0.0749. The second-order valence-electron chi connectivity index (χ2n) is 6.78. The number of hydrogen-bond donors (Lipinski definition) is 2. The zero-order chi connectivity index (χ0) is 19.4. The second kappa shape index (κ2) is 8.71. The lowest BCUT2D eigenvalue weighted by Gasteiger charge is -2.24. The molecular formula is C19H22ClFN2O4. The number of nitrogens with one attached hydrogen (secondary N) is 1. The maximum absolute atomic E-state index is 13.9. The number of hydrogen-bond acceptors (Lipinski definition) is 4. The van der Waals surface area contributed by atoms with Crippen molar-refractivity contribution in [2.24, 2.45) is 0 Å². The molecule has 0 radical (unpaired) electrons. The fourth-order valence-electron chi connectivity index (χ4n) is 3.42. The summed E-state index contributed by atoms with van der Waals surface area (Å²) in [6.45, 7) is 1.03. The molecule has 2 bridgehead atoms. The van der Waals surface area contributed by atoms with E-state index < -0.39 is 30.1 Å². The highest BCUT2D eigenvalue weighted by atomic mass is 35.5. The van der Waals surface area contributed by atoms with Gasteiger partial charge in [0.25, 0.3) is 0 Å². The number of halogens is 2. The zero-order valence-corrected chi connectivity index (χ0v) is 15.5. The number of nitrogens with zero attached hydrogens (tertiary/aromatic N) is 1. The van der Waals surface area contributed by atoms with Crippen molar-refractivity contribution in [1.82, 2.24) is 10.2 Å². The third-order valence-corrected chi connectivity index (χ3v) is 5.09. The van der Waals surface area contributed by atoms with Crippen LogP contribution in [0.5, 0.6) is 5.75 Å². The van der Waals surface area contributed by atoms with Gasteiger partial charge in [-0.25, -0.2) is 9.18 Å². The number of carbonyl (C=O) groups is 2. The van der Waals surface area contributed by atoms with Crippen molar-refractivity contribution in [1.29, 1.82) is 0 Å². The molecule has 3 atom stereocenters. The highest BCUT2D eigenvalue weighted by Crippen LogP contribution is 2.26. The molecule has 27 heavy (non-hydrogen) atoms. The van der Waals surface area contributed by atoms with E-state index in [4.69, 9.17) is 16.3 Å². The predicted octanol–water partition coefficient (Wildman–Crippen LogP) is 2.20. The molecule has 3 heterocycles. The van der Waals surface area contributed by atoms with Gasteiger partial charge in [0.2, 0.25) is 5.91 Å². The van der Waals surface area contributed by atoms with E-state index in [0.717, 1.165) is 0 Å². The van der Waals surface area contributed by atoms with Crippen LogP contribution in [-0.4, -0.2) is 59.8 Å². The summed E-state index contributed by atoms with van der Waals surface area (Å²) in [5, 5.41) is 12.4. The molecule has 1 unspecified atom stereocenters. The van der Waals surface area contributed by atoms with E-state index >= 15 is 0 Å². The van der Waals surface area contributed by atoms with Crippen molar-refractivity contribution >= 4 is 23.5 Å².